The molecule has 2 aromatic carbocycles. The molecule has 0 fully saturated rings. The molecular weight excluding hydrogens is 366 g/mol. The average molecular weight is 390 g/mol. The van der Waals surface area contributed by atoms with Crippen LogP contribution in [0.4, 0.5) is 0 Å². The third-order valence-electron chi connectivity index (χ3n) is 5.49. The highest BCUT2D eigenvalue weighted by Crippen LogP contribution is 2.55. The number of fused-ring (bicyclic) bond motifs is 2. The highest BCUT2D eigenvalue weighted by atomic mass is 79.9. The van der Waals surface area contributed by atoms with Crippen LogP contribution in [0.5, 0.6) is 11.5 Å². The Morgan fingerprint density at radius 3 is 2.62 bits per heavy atom. The summed E-state index contributed by atoms with van der Waals surface area (Å²) in [6.45, 7) is 5.50. The summed E-state index contributed by atoms with van der Waals surface area (Å²) in [5.74, 6) is -0.00778. The van der Waals surface area contributed by atoms with Gasteiger partial charge in [-0.3, -0.25) is 4.90 Å². The quantitative estimate of drug-likeness (QED) is 0.716. The lowest BCUT2D eigenvalue weighted by Gasteiger charge is -2.32. The zero-order valence-electron chi connectivity index (χ0n) is 14.1. The molecule has 0 spiro atoms. The van der Waals surface area contributed by atoms with Crippen molar-refractivity contribution in [3.05, 3.63) is 47.0 Å². The van der Waals surface area contributed by atoms with Crippen LogP contribution in [0.25, 0.3) is 11.1 Å². The van der Waals surface area contributed by atoms with Gasteiger partial charge in [-0.25, -0.2) is 0 Å². The topological polar surface area (TPSA) is 43.7 Å². The molecule has 4 rings (SSSR count). The Morgan fingerprint density at radius 2 is 1.92 bits per heavy atom. The summed E-state index contributed by atoms with van der Waals surface area (Å²) in [5.41, 5.74) is 5.82. The van der Waals surface area contributed by atoms with Crippen LogP contribution in [0.2, 0.25) is 0 Å². The Labute approximate surface area is 153 Å². The number of nitrogens with zero attached hydrogens (tertiary/aromatic N) is 1. The molecule has 24 heavy (non-hydrogen) atoms. The summed E-state index contributed by atoms with van der Waals surface area (Å²) in [7, 11) is 0. The van der Waals surface area contributed by atoms with Gasteiger partial charge >= 0.3 is 0 Å². The summed E-state index contributed by atoms with van der Waals surface area (Å²) in [6, 6.07) is 10.8. The molecule has 1 heterocycles. The van der Waals surface area contributed by atoms with Gasteiger partial charge in [0, 0.05) is 17.6 Å². The van der Waals surface area contributed by atoms with Gasteiger partial charge in [0.05, 0.1) is 0 Å². The molecular formula is C20H24BrNO2. The highest BCUT2D eigenvalue weighted by Gasteiger charge is 2.41. The van der Waals surface area contributed by atoms with Crippen LogP contribution >= 0.6 is 17.0 Å². The maximum Gasteiger partial charge on any atom is 0.165 e. The molecule has 0 aromatic heterocycles. The van der Waals surface area contributed by atoms with E-state index in [1.165, 1.54) is 11.1 Å². The van der Waals surface area contributed by atoms with Gasteiger partial charge in [-0.05, 0) is 47.7 Å². The van der Waals surface area contributed by atoms with E-state index in [4.69, 9.17) is 0 Å². The fourth-order valence-electron chi connectivity index (χ4n) is 4.58. The first-order chi connectivity index (χ1) is 11.2. The lowest BCUT2D eigenvalue weighted by Crippen LogP contribution is -2.28. The predicted octanol–water partition coefficient (Wildman–Crippen LogP) is 5.12. The smallest absolute Gasteiger partial charge is 0.165 e. The van der Waals surface area contributed by atoms with Gasteiger partial charge in [0.2, 0.25) is 0 Å². The van der Waals surface area contributed by atoms with Crippen molar-refractivity contribution in [2.45, 2.75) is 45.2 Å². The number of phenolic OH excluding ortho intramolecular Hbond substituents is 2. The van der Waals surface area contributed by atoms with E-state index in [1.54, 1.807) is 6.07 Å². The number of likely N-dealkylation sites (N-methyl/N-ethyl adjacent to an activating group) is 1. The fourth-order valence-corrected chi connectivity index (χ4v) is 4.58. The number of benzene rings is 2. The number of aromatic hydroxyl groups is 2. The Morgan fingerprint density at radius 1 is 1.12 bits per heavy atom. The Kier molecular flexibility index (Phi) is 4.63. The molecule has 0 saturated carbocycles. The zero-order chi connectivity index (χ0) is 16.1. The van der Waals surface area contributed by atoms with E-state index in [0.717, 1.165) is 42.5 Å². The Bertz CT molecular complexity index is 774. The van der Waals surface area contributed by atoms with E-state index in [0.29, 0.717) is 12.1 Å². The van der Waals surface area contributed by atoms with Crippen LogP contribution in [0.15, 0.2) is 30.3 Å². The molecule has 2 N–H and O–H groups in total. The van der Waals surface area contributed by atoms with Gasteiger partial charge in [0.25, 0.3) is 0 Å². The molecule has 4 heteroatoms. The second-order valence-electron chi connectivity index (χ2n) is 6.63. The average Bonchev–Trinajstić information content (AvgIpc) is 2.86. The number of hydrogen-bond acceptors (Lipinski definition) is 3. The maximum absolute atomic E-state index is 10.4. The van der Waals surface area contributed by atoms with Crippen LogP contribution in [0.3, 0.4) is 0 Å². The first kappa shape index (κ1) is 17.3. The molecule has 3 nitrogen and oxygen atoms in total. The minimum absolute atomic E-state index is 0. The van der Waals surface area contributed by atoms with Gasteiger partial charge in [0.1, 0.15) is 0 Å². The van der Waals surface area contributed by atoms with Crippen LogP contribution in [0.1, 0.15) is 55.5 Å². The summed E-state index contributed by atoms with van der Waals surface area (Å²) in [6.07, 6.45) is 3.23. The normalized spacial score (nSPS) is 21.1. The van der Waals surface area contributed by atoms with Gasteiger partial charge in [-0.15, -0.1) is 17.0 Å². The molecule has 0 bridgehead atoms. The molecule has 2 atom stereocenters. The number of hydrogen-bond donors (Lipinski definition) is 2. The predicted molar refractivity (Wildman–Crippen MR) is 102 cm³/mol. The summed E-state index contributed by atoms with van der Waals surface area (Å²) < 4.78 is 0. The molecule has 0 radical (unpaired) electrons. The van der Waals surface area contributed by atoms with Crippen molar-refractivity contribution in [2.75, 3.05) is 6.54 Å². The first-order valence-electron chi connectivity index (χ1n) is 8.60. The van der Waals surface area contributed by atoms with Gasteiger partial charge in [-0.1, -0.05) is 44.5 Å². The van der Waals surface area contributed by atoms with Crippen LogP contribution in [0, 0.1) is 0 Å². The van der Waals surface area contributed by atoms with E-state index in [-0.39, 0.29) is 28.5 Å². The highest BCUT2D eigenvalue weighted by molar-refractivity contribution is 8.93. The number of phenols is 2. The van der Waals surface area contributed by atoms with Crippen molar-refractivity contribution in [1.82, 2.24) is 4.90 Å². The SMILES string of the molecule is Br.CCC[C@H]1c2cccc3c2[C@@H](Cc2ccc(O)c(O)c2-3)N1CC. The third kappa shape index (κ3) is 2.27. The summed E-state index contributed by atoms with van der Waals surface area (Å²) in [5, 5.41) is 20.3. The molecule has 0 saturated heterocycles. The lowest BCUT2D eigenvalue weighted by molar-refractivity contribution is 0.160. The summed E-state index contributed by atoms with van der Waals surface area (Å²) in [4.78, 5) is 2.60. The number of halogens is 1. The standard InChI is InChI=1S/C20H23NO2.BrH/c1-3-6-15-13-7-5-8-14-18-12(9-10-17(22)20(18)23)11-16(19(13)14)21(15)4-2;/h5,7-10,15-16,22-23H,3-4,6,11H2,1-2H3;1H/t15-,16+;/m0./s1. The van der Waals surface area contributed by atoms with Crippen LogP contribution < -0.4 is 0 Å². The van der Waals surface area contributed by atoms with Crippen molar-refractivity contribution in [3.8, 4) is 22.6 Å². The Hall–Kier alpha value is -1.52. The van der Waals surface area contributed by atoms with E-state index in [2.05, 4.69) is 36.9 Å². The molecule has 1 aliphatic heterocycles. The zero-order valence-corrected chi connectivity index (χ0v) is 15.8. The minimum atomic E-state index is -0.0322. The van der Waals surface area contributed by atoms with Crippen molar-refractivity contribution >= 4 is 17.0 Å². The van der Waals surface area contributed by atoms with Crippen molar-refractivity contribution in [2.24, 2.45) is 0 Å². The second kappa shape index (κ2) is 6.41. The molecule has 128 valence electrons. The third-order valence-corrected chi connectivity index (χ3v) is 5.49. The van der Waals surface area contributed by atoms with Crippen molar-refractivity contribution in [1.29, 1.82) is 0 Å². The number of rotatable bonds is 3. The fraction of sp³-hybridized carbons (Fsp3) is 0.400. The minimum Gasteiger partial charge on any atom is -0.504 e. The lowest BCUT2D eigenvalue weighted by atomic mass is 9.81. The van der Waals surface area contributed by atoms with E-state index < -0.39 is 0 Å². The molecule has 0 amide bonds. The van der Waals surface area contributed by atoms with Crippen LogP contribution in [-0.2, 0) is 6.42 Å². The maximum atomic E-state index is 10.4. The second-order valence-corrected chi connectivity index (χ2v) is 6.63. The van der Waals surface area contributed by atoms with Crippen LogP contribution in [-0.4, -0.2) is 21.7 Å². The van der Waals surface area contributed by atoms with Gasteiger partial charge in [-0.2, -0.15) is 0 Å². The monoisotopic (exact) mass is 389 g/mol. The van der Waals surface area contributed by atoms with E-state index >= 15 is 0 Å². The first-order valence-corrected chi connectivity index (χ1v) is 8.60. The molecule has 1 aliphatic carbocycles. The van der Waals surface area contributed by atoms with Crippen molar-refractivity contribution < 1.29 is 10.2 Å². The molecule has 2 aromatic rings. The molecule has 2 aliphatic rings. The van der Waals surface area contributed by atoms with Crippen molar-refractivity contribution in [3.63, 3.8) is 0 Å². The molecule has 0 unspecified atom stereocenters. The van der Waals surface area contributed by atoms with E-state index in [1.807, 2.05) is 6.07 Å². The van der Waals surface area contributed by atoms with E-state index in [9.17, 15) is 10.2 Å². The summed E-state index contributed by atoms with van der Waals surface area (Å²) >= 11 is 0. The van der Waals surface area contributed by atoms with Gasteiger partial charge < -0.3 is 10.2 Å². The van der Waals surface area contributed by atoms with Gasteiger partial charge in [0.15, 0.2) is 11.5 Å². The Balaban J connectivity index is 0.00000169. The largest absolute Gasteiger partial charge is 0.504 e.